The lowest BCUT2D eigenvalue weighted by Gasteiger charge is -2.32. The highest BCUT2D eigenvalue weighted by atomic mass is 16.2. The van der Waals surface area contributed by atoms with Gasteiger partial charge in [-0.05, 0) is 69.6 Å². The number of nitrogens with zero attached hydrogens (tertiary/aromatic N) is 1. The van der Waals surface area contributed by atoms with Gasteiger partial charge in [-0.3, -0.25) is 9.59 Å². The maximum atomic E-state index is 12.1. The molecule has 2 fully saturated rings. The van der Waals surface area contributed by atoms with Crippen molar-refractivity contribution in [1.82, 2.24) is 10.2 Å². The molecule has 1 aliphatic heterocycles. The average molecular weight is 328 g/mol. The molecule has 0 radical (unpaired) electrons. The van der Waals surface area contributed by atoms with Crippen molar-refractivity contribution in [2.24, 2.45) is 11.8 Å². The van der Waals surface area contributed by atoms with E-state index in [-0.39, 0.29) is 11.9 Å². The summed E-state index contributed by atoms with van der Waals surface area (Å²) in [6.45, 7) is 5.75. The minimum atomic E-state index is -0.0107. The highest BCUT2D eigenvalue weighted by Gasteiger charge is 2.34. The second-order valence-corrected chi connectivity index (χ2v) is 7.57. The van der Waals surface area contributed by atoms with E-state index >= 15 is 0 Å². The molecule has 1 N–H and O–H groups in total. The molecule has 0 atom stereocenters. The summed E-state index contributed by atoms with van der Waals surface area (Å²) in [4.78, 5) is 26.1. The fourth-order valence-corrected chi connectivity index (χ4v) is 3.42. The molecule has 0 unspecified atom stereocenters. The normalized spacial score (nSPS) is 18.7. The first kappa shape index (κ1) is 17.0. The molecule has 1 heterocycles. The molecule has 1 saturated heterocycles. The van der Waals surface area contributed by atoms with E-state index in [9.17, 15) is 9.59 Å². The number of hydrogen-bond acceptors (Lipinski definition) is 2. The number of carbonyl (C=O) groups excluding carboxylic acids is 2. The Hall–Kier alpha value is -1.84. The lowest BCUT2D eigenvalue weighted by molar-refractivity contribution is -0.133. The van der Waals surface area contributed by atoms with Crippen molar-refractivity contribution in [3.05, 3.63) is 35.4 Å². The first-order valence-electron chi connectivity index (χ1n) is 9.21. The topological polar surface area (TPSA) is 49.4 Å². The Morgan fingerprint density at radius 2 is 1.71 bits per heavy atom. The molecule has 0 spiro atoms. The highest BCUT2D eigenvalue weighted by Crippen LogP contribution is 2.32. The fourth-order valence-electron chi connectivity index (χ4n) is 3.42. The van der Waals surface area contributed by atoms with Gasteiger partial charge in [0, 0.05) is 30.6 Å². The van der Waals surface area contributed by atoms with Crippen molar-refractivity contribution in [3.8, 4) is 0 Å². The van der Waals surface area contributed by atoms with Gasteiger partial charge < -0.3 is 10.2 Å². The molecule has 1 aromatic rings. The Morgan fingerprint density at radius 3 is 2.25 bits per heavy atom. The van der Waals surface area contributed by atoms with Crippen LogP contribution in [0.3, 0.4) is 0 Å². The summed E-state index contributed by atoms with van der Waals surface area (Å²) in [7, 11) is 0. The van der Waals surface area contributed by atoms with Crippen LogP contribution in [0.25, 0.3) is 0 Å². The van der Waals surface area contributed by atoms with Gasteiger partial charge in [0.05, 0.1) is 0 Å². The number of hydrogen-bond donors (Lipinski definition) is 1. The fraction of sp³-hybridized carbons (Fsp3) is 0.600. The van der Waals surface area contributed by atoms with Crippen LogP contribution in [0, 0.1) is 11.8 Å². The van der Waals surface area contributed by atoms with Gasteiger partial charge in [-0.1, -0.05) is 12.1 Å². The number of piperidine rings is 1. The molecule has 3 rings (SSSR count). The third-order valence-electron chi connectivity index (χ3n) is 5.01. The molecule has 4 nitrogen and oxygen atoms in total. The Labute approximate surface area is 144 Å². The first-order valence-corrected chi connectivity index (χ1v) is 9.21. The molecule has 0 aromatic heterocycles. The summed E-state index contributed by atoms with van der Waals surface area (Å²) in [5.41, 5.74) is 2.00. The number of carbonyl (C=O) groups is 2. The molecule has 2 amide bonds. The van der Waals surface area contributed by atoms with Gasteiger partial charge in [0.1, 0.15) is 0 Å². The number of nitrogens with one attached hydrogen (secondary N) is 1. The van der Waals surface area contributed by atoms with Gasteiger partial charge in [-0.15, -0.1) is 0 Å². The van der Waals surface area contributed by atoms with Crippen LogP contribution in [-0.2, 0) is 11.2 Å². The van der Waals surface area contributed by atoms with Crippen molar-refractivity contribution in [1.29, 1.82) is 0 Å². The Kier molecular flexibility index (Phi) is 5.22. The second-order valence-electron chi connectivity index (χ2n) is 7.57. The molecule has 1 aliphatic carbocycles. The largest absolute Gasteiger partial charge is 0.350 e. The summed E-state index contributed by atoms with van der Waals surface area (Å²) in [5.74, 6) is 1.35. The van der Waals surface area contributed by atoms with E-state index in [1.807, 2.05) is 26.0 Å². The van der Waals surface area contributed by atoms with Crippen LogP contribution in [0.5, 0.6) is 0 Å². The number of rotatable bonds is 5. The molecule has 2 aliphatic rings. The molecule has 24 heavy (non-hydrogen) atoms. The van der Waals surface area contributed by atoms with Crippen LogP contribution >= 0.6 is 0 Å². The van der Waals surface area contributed by atoms with Crippen molar-refractivity contribution in [3.63, 3.8) is 0 Å². The Balaban J connectivity index is 1.48. The molecule has 0 bridgehead atoms. The maximum absolute atomic E-state index is 12.1. The Bertz CT molecular complexity index is 582. The highest BCUT2D eigenvalue weighted by molar-refractivity contribution is 5.94. The van der Waals surface area contributed by atoms with E-state index in [2.05, 4.69) is 22.3 Å². The van der Waals surface area contributed by atoms with E-state index in [0.29, 0.717) is 17.7 Å². The SMILES string of the molecule is CC(C)NC(=O)c1ccc(CC2CCN(C(=O)C3CC3)CC2)cc1. The first-order chi connectivity index (χ1) is 11.5. The van der Waals surface area contributed by atoms with Crippen molar-refractivity contribution >= 4 is 11.8 Å². The summed E-state index contributed by atoms with van der Waals surface area (Å²) in [6, 6.07) is 8.12. The monoisotopic (exact) mass is 328 g/mol. The number of likely N-dealkylation sites (tertiary alicyclic amines) is 1. The predicted molar refractivity (Wildman–Crippen MR) is 94.8 cm³/mol. The lowest BCUT2D eigenvalue weighted by Crippen LogP contribution is -2.39. The zero-order valence-electron chi connectivity index (χ0n) is 14.8. The number of amides is 2. The summed E-state index contributed by atoms with van der Waals surface area (Å²) >= 11 is 0. The quantitative estimate of drug-likeness (QED) is 0.903. The maximum Gasteiger partial charge on any atom is 0.251 e. The third-order valence-corrected chi connectivity index (χ3v) is 5.01. The van der Waals surface area contributed by atoms with E-state index in [4.69, 9.17) is 0 Å². The molecule has 1 aromatic carbocycles. The number of benzene rings is 1. The summed E-state index contributed by atoms with van der Waals surface area (Å²) in [6.07, 6.45) is 5.41. The molecule has 4 heteroatoms. The third kappa shape index (κ3) is 4.37. The van der Waals surface area contributed by atoms with E-state index < -0.39 is 0 Å². The minimum Gasteiger partial charge on any atom is -0.350 e. The van der Waals surface area contributed by atoms with Crippen molar-refractivity contribution in [2.75, 3.05) is 13.1 Å². The van der Waals surface area contributed by atoms with E-state index in [1.165, 1.54) is 5.56 Å². The van der Waals surface area contributed by atoms with Crippen LogP contribution in [0.4, 0.5) is 0 Å². The van der Waals surface area contributed by atoms with Crippen LogP contribution in [0.2, 0.25) is 0 Å². The van der Waals surface area contributed by atoms with Crippen LogP contribution in [0.15, 0.2) is 24.3 Å². The zero-order chi connectivity index (χ0) is 17.1. The van der Waals surface area contributed by atoms with Gasteiger partial charge in [-0.2, -0.15) is 0 Å². The molecule has 130 valence electrons. The van der Waals surface area contributed by atoms with Gasteiger partial charge in [0.15, 0.2) is 0 Å². The summed E-state index contributed by atoms with van der Waals surface area (Å²) in [5, 5.41) is 2.91. The van der Waals surface area contributed by atoms with Gasteiger partial charge >= 0.3 is 0 Å². The van der Waals surface area contributed by atoms with E-state index in [0.717, 1.165) is 50.8 Å². The average Bonchev–Trinajstić information content (AvgIpc) is 3.40. The van der Waals surface area contributed by atoms with E-state index in [1.54, 1.807) is 0 Å². The standard InChI is InChI=1S/C20H28N2O2/c1-14(2)21-19(23)17-5-3-15(4-6-17)13-16-9-11-22(12-10-16)20(24)18-7-8-18/h3-6,14,16,18H,7-13H2,1-2H3,(H,21,23). The Morgan fingerprint density at radius 1 is 1.08 bits per heavy atom. The zero-order valence-corrected chi connectivity index (χ0v) is 14.8. The molecule has 1 saturated carbocycles. The lowest BCUT2D eigenvalue weighted by atomic mass is 9.89. The summed E-state index contributed by atoms with van der Waals surface area (Å²) < 4.78 is 0. The van der Waals surface area contributed by atoms with Gasteiger partial charge in [-0.25, -0.2) is 0 Å². The van der Waals surface area contributed by atoms with Gasteiger partial charge in [0.2, 0.25) is 5.91 Å². The second kappa shape index (κ2) is 7.37. The van der Waals surface area contributed by atoms with Crippen LogP contribution < -0.4 is 5.32 Å². The minimum absolute atomic E-state index is 0.0107. The van der Waals surface area contributed by atoms with Crippen LogP contribution in [0.1, 0.15) is 55.5 Å². The molecular weight excluding hydrogens is 300 g/mol. The van der Waals surface area contributed by atoms with Crippen LogP contribution in [-0.4, -0.2) is 35.8 Å². The smallest absolute Gasteiger partial charge is 0.251 e. The van der Waals surface area contributed by atoms with Gasteiger partial charge in [0.25, 0.3) is 5.91 Å². The predicted octanol–water partition coefficient (Wildman–Crippen LogP) is 3.02. The van der Waals surface area contributed by atoms with Crippen molar-refractivity contribution < 1.29 is 9.59 Å². The van der Waals surface area contributed by atoms with Crippen molar-refractivity contribution in [2.45, 2.75) is 52.0 Å². The molecular formula is C20H28N2O2.